The molecular weight excluding hydrogens is 1350 g/mol. The summed E-state index contributed by atoms with van der Waals surface area (Å²) in [7, 11) is 0. The van der Waals surface area contributed by atoms with Gasteiger partial charge >= 0.3 is 5.97 Å². The summed E-state index contributed by atoms with van der Waals surface area (Å²) < 4.78 is 78.2. The molecule has 2 bridgehead atoms. The highest BCUT2D eigenvalue weighted by Crippen LogP contribution is 2.76. The molecule has 11 fully saturated rings. The van der Waals surface area contributed by atoms with Crippen molar-refractivity contribution in [2.24, 2.45) is 33.5 Å². The Morgan fingerprint density at radius 2 is 0.770 bits per heavy atom. The number of fused-ring (bicyclic) bond motifs is 3. The maximum Gasteiger partial charge on any atom is 0.314 e. The molecule has 0 radical (unpaired) electrons. The summed E-state index contributed by atoms with van der Waals surface area (Å²) in [6.45, 7) is 2.42. The Kier molecular flexibility index (Phi) is 24.6. The van der Waals surface area contributed by atoms with Gasteiger partial charge in [-0.05, 0) is 92.8 Å². The molecule has 0 amide bonds. The number of aliphatic hydroxyl groups excluding tert-OH is 23. The number of aliphatic hydroxyl groups is 23. The van der Waals surface area contributed by atoms with Crippen molar-refractivity contribution in [1.82, 2.24) is 0 Å². The highest BCUT2D eigenvalue weighted by atomic mass is 16.8. The van der Waals surface area contributed by atoms with E-state index in [0.29, 0.717) is 51.4 Å². The predicted molar refractivity (Wildman–Crippen MR) is 320 cm³/mol. The van der Waals surface area contributed by atoms with E-state index in [-0.39, 0.29) is 18.8 Å². The first-order chi connectivity index (χ1) is 47.3. The zero-order valence-corrected chi connectivity index (χ0v) is 55.1. The lowest BCUT2D eigenvalue weighted by atomic mass is 9.40. The van der Waals surface area contributed by atoms with Crippen molar-refractivity contribution in [1.29, 1.82) is 0 Å². The van der Waals surface area contributed by atoms with Crippen LogP contribution in [0.2, 0.25) is 0 Å². The van der Waals surface area contributed by atoms with E-state index in [1.807, 2.05) is 0 Å². The molecule has 7 heterocycles. The molecule has 41 atom stereocenters. The fourth-order valence-corrected chi connectivity index (χ4v) is 18.5. The molecule has 4 saturated carbocycles. The molecule has 37 heteroatoms. The van der Waals surface area contributed by atoms with E-state index in [9.17, 15) is 117 Å². The third kappa shape index (κ3) is 14.1. The van der Waals surface area contributed by atoms with Crippen LogP contribution in [-0.4, -0.2) is 384 Å². The van der Waals surface area contributed by atoms with Crippen molar-refractivity contribution in [2.75, 3.05) is 46.2 Å². The minimum absolute atomic E-state index is 0.0149. The first kappa shape index (κ1) is 78.9. The summed E-state index contributed by atoms with van der Waals surface area (Å²) >= 11 is 0. The summed E-state index contributed by atoms with van der Waals surface area (Å²) in [6, 6.07) is 0. The van der Waals surface area contributed by atoms with E-state index < -0.39 is 295 Å². The molecule has 37 nitrogen and oxygen atoms in total. The maximum absolute atomic E-state index is 15.5. The first-order valence-corrected chi connectivity index (χ1v) is 34.2. The Bertz CT molecular complexity index is 2720. The highest BCUT2D eigenvalue weighted by molar-refractivity contribution is 5.77. The van der Waals surface area contributed by atoms with Crippen LogP contribution in [-0.2, 0) is 66.4 Å². The number of ether oxygens (including phenoxy) is 13. The van der Waals surface area contributed by atoms with E-state index in [4.69, 9.17) is 61.6 Å². The van der Waals surface area contributed by atoms with Gasteiger partial charge in [-0.25, -0.2) is 0 Å². The van der Waals surface area contributed by atoms with Gasteiger partial charge in [0.15, 0.2) is 37.6 Å². The van der Waals surface area contributed by atoms with Crippen LogP contribution in [0.5, 0.6) is 0 Å². The van der Waals surface area contributed by atoms with Crippen LogP contribution in [0.4, 0.5) is 0 Å². The van der Waals surface area contributed by atoms with Gasteiger partial charge < -0.3 is 179 Å². The van der Waals surface area contributed by atoms with E-state index in [0.717, 1.165) is 5.57 Å². The number of allylic oxidation sites excluding steroid dienone is 1. The largest absolute Gasteiger partial charge is 0.432 e. The van der Waals surface area contributed by atoms with Crippen LogP contribution in [0, 0.1) is 33.5 Å². The fraction of sp³-hybridized carbons (Fsp3) is 0.952. The lowest BCUT2D eigenvalue weighted by molar-refractivity contribution is -0.388. The van der Waals surface area contributed by atoms with Crippen molar-refractivity contribution >= 4 is 5.97 Å². The molecule has 100 heavy (non-hydrogen) atoms. The van der Waals surface area contributed by atoms with Gasteiger partial charge in [0.05, 0.1) is 57.8 Å². The van der Waals surface area contributed by atoms with Crippen molar-refractivity contribution in [2.45, 2.75) is 293 Å². The summed E-state index contributed by atoms with van der Waals surface area (Å²) in [5, 5.41) is 249. The zero-order valence-electron chi connectivity index (χ0n) is 55.1. The van der Waals surface area contributed by atoms with E-state index in [1.54, 1.807) is 6.92 Å². The van der Waals surface area contributed by atoms with Crippen molar-refractivity contribution in [3.63, 3.8) is 0 Å². The first-order valence-electron chi connectivity index (χ1n) is 34.2. The second-order valence-corrected chi connectivity index (χ2v) is 29.8. The number of hydrogen-bond donors (Lipinski definition) is 23. The maximum atomic E-state index is 15.5. The summed E-state index contributed by atoms with van der Waals surface area (Å²) in [6.07, 6.45) is -60.5. The van der Waals surface area contributed by atoms with Crippen molar-refractivity contribution in [3.8, 4) is 0 Å². The second-order valence-electron chi connectivity index (χ2n) is 29.8. The Hall–Kier alpha value is -2.19. The van der Waals surface area contributed by atoms with Crippen molar-refractivity contribution < 1.29 is 184 Å². The van der Waals surface area contributed by atoms with Gasteiger partial charge in [-0.3, -0.25) is 4.79 Å². The topological polar surface area (TPSA) is 602 Å². The minimum atomic E-state index is -2.12. The molecule has 4 aliphatic carbocycles. The molecule has 0 aromatic rings. The van der Waals surface area contributed by atoms with Crippen LogP contribution in [0.1, 0.15) is 78.1 Å². The Labute approximate surface area is 573 Å². The molecule has 7 aliphatic heterocycles. The lowest BCUT2D eigenvalue weighted by Gasteiger charge is -2.64. The monoisotopic (exact) mass is 1450 g/mol. The molecule has 11 rings (SSSR count). The van der Waals surface area contributed by atoms with Gasteiger partial charge in [0, 0.05) is 0 Å². The summed E-state index contributed by atoms with van der Waals surface area (Å²) in [4.78, 5) is 15.5. The van der Waals surface area contributed by atoms with E-state index in [1.165, 1.54) is 0 Å². The molecule has 0 aromatic carbocycles. The highest BCUT2D eigenvalue weighted by Gasteiger charge is 2.70. The molecule has 1 spiro atoms. The number of esters is 1. The van der Waals surface area contributed by atoms with Crippen LogP contribution in [0.15, 0.2) is 12.2 Å². The number of rotatable bonds is 21. The van der Waals surface area contributed by atoms with E-state index >= 15 is 4.79 Å². The van der Waals surface area contributed by atoms with Crippen LogP contribution < -0.4 is 0 Å². The van der Waals surface area contributed by atoms with Gasteiger partial charge in [-0.15, -0.1) is 0 Å². The number of hydrogen-bond acceptors (Lipinski definition) is 37. The number of carbonyl (C=O) groups excluding carboxylic acids is 1. The molecule has 0 aromatic heterocycles. The quantitative estimate of drug-likeness (QED) is 0.0375. The lowest BCUT2D eigenvalue weighted by Crippen LogP contribution is -2.67. The van der Waals surface area contributed by atoms with Crippen LogP contribution in [0.3, 0.4) is 0 Å². The Balaban J connectivity index is 0.853. The average Bonchev–Trinajstić information content (AvgIpc) is 1.44. The Morgan fingerprint density at radius 1 is 0.400 bits per heavy atom. The molecule has 23 N–H and O–H groups in total. The van der Waals surface area contributed by atoms with Crippen molar-refractivity contribution in [3.05, 3.63) is 12.2 Å². The third-order valence-electron chi connectivity index (χ3n) is 24.0. The Morgan fingerprint density at radius 3 is 1.24 bits per heavy atom. The molecular formula is C63H102O37. The van der Waals surface area contributed by atoms with Gasteiger partial charge in [0.1, 0.15) is 165 Å². The SMILES string of the molecule is C=C1C[C@@]23CCC4[C@](C)(C(=O)OC5OC(CO)C(O)C(OC6OC(CO)C(O)C(O)C6O)C5OC5OC(CO)C(O)C(O)C5O)CCC[C@@]4(C)[C@@H]2CC[C@]1(CC1OC(CO)C(O)C(OC2OC(COC4OC(CO)C(O)C(O)C4O)C(O)C(O)C2O)C1OC1OC(CO)C(O)C(O)C1O)C3. The van der Waals surface area contributed by atoms with Crippen LogP contribution in [0.25, 0.3) is 0 Å². The molecule has 11 aliphatic rings. The van der Waals surface area contributed by atoms with Gasteiger partial charge in [-0.2, -0.15) is 0 Å². The molecule has 36 unspecified atom stereocenters. The fourth-order valence-electron chi connectivity index (χ4n) is 18.5. The summed E-state index contributed by atoms with van der Waals surface area (Å²) in [5.41, 5.74) is -2.58. The molecule has 576 valence electrons. The average molecular weight is 1450 g/mol. The summed E-state index contributed by atoms with van der Waals surface area (Å²) in [5.74, 6) is -1.41. The second kappa shape index (κ2) is 31.2. The normalized spacial score (nSPS) is 54.5. The minimum Gasteiger partial charge on any atom is -0.432 e. The zero-order chi connectivity index (χ0) is 72.7. The van der Waals surface area contributed by atoms with Gasteiger partial charge in [-0.1, -0.05) is 25.5 Å². The molecule has 7 saturated heterocycles. The van der Waals surface area contributed by atoms with Gasteiger partial charge in [0.2, 0.25) is 6.29 Å². The number of carbonyl (C=O) groups is 1. The standard InChI is InChI=1S/C63H102O37/c1-21-11-63-10-5-30-60(2,7-4-8-61(30,3)59(87)100-58-52(99-56-47(85)42(80)35(73)26(16-67)93-56)51(38(76)28(18-69)94-58)98-55-46(84)41(79)34(72)25(15-66)92-55)31(63)6-9-62(21,20-63)12-22-49(96-54-45(83)40(78)33(71)24(14-65)91-54)50(37(75)27(17-68)89-22)97-57-48(86)43(81)36(74)29(95-57)19-88-53-44(82)39(77)32(70)23(13-64)90-53/h22-58,64-86H,1,4-20H2,2-3H3/t22?,23?,24?,25?,26?,27?,28?,29?,30?,31-,32?,33?,34?,35?,36?,37?,38?,39?,40?,41?,42?,43?,44?,45?,46?,47?,48?,49?,50?,51?,52?,53?,54?,55?,56?,57?,58?,60+,61+,62-,63+/m0/s1. The van der Waals surface area contributed by atoms with Crippen LogP contribution >= 0.6 is 0 Å². The van der Waals surface area contributed by atoms with Gasteiger partial charge in [0.25, 0.3) is 0 Å². The third-order valence-corrected chi connectivity index (χ3v) is 24.0. The predicted octanol–water partition coefficient (Wildman–Crippen LogP) is -11.0. The smallest absolute Gasteiger partial charge is 0.314 e. The van der Waals surface area contributed by atoms with E-state index in [2.05, 4.69) is 13.5 Å².